The van der Waals surface area contributed by atoms with Gasteiger partial charge in [-0.25, -0.2) is 0 Å². The lowest BCUT2D eigenvalue weighted by Crippen LogP contribution is -2.49. The van der Waals surface area contributed by atoms with Gasteiger partial charge in [0.2, 0.25) is 5.91 Å². The van der Waals surface area contributed by atoms with Crippen LogP contribution in [0.25, 0.3) is 10.9 Å². The lowest BCUT2D eigenvalue weighted by atomic mass is 10.2. The van der Waals surface area contributed by atoms with Gasteiger partial charge >= 0.3 is 0 Å². The first kappa shape index (κ1) is 26.3. The van der Waals surface area contributed by atoms with E-state index < -0.39 is 4.92 Å². The van der Waals surface area contributed by atoms with Crippen LogP contribution in [0.3, 0.4) is 0 Å². The van der Waals surface area contributed by atoms with Crippen LogP contribution in [0.1, 0.15) is 10.4 Å². The van der Waals surface area contributed by atoms with Crippen molar-refractivity contribution in [2.75, 3.05) is 43.4 Å². The summed E-state index contributed by atoms with van der Waals surface area (Å²) in [5.41, 5.74) is 2.55. The van der Waals surface area contributed by atoms with Gasteiger partial charge in [0, 0.05) is 84.6 Å². The number of aromatic nitrogens is 1. The van der Waals surface area contributed by atoms with Crippen molar-refractivity contribution in [3.8, 4) is 0 Å². The highest BCUT2D eigenvalue weighted by atomic mass is 32.2. The topological polar surface area (TPSA) is 101 Å². The van der Waals surface area contributed by atoms with Crippen molar-refractivity contribution in [1.82, 2.24) is 14.8 Å². The predicted octanol–water partition coefficient (Wildman–Crippen LogP) is 4.42. The summed E-state index contributed by atoms with van der Waals surface area (Å²) in [5, 5.41) is 14.8. The molecule has 9 nitrogen and oxygen atoms in total. The van der Waals surface area contributed by atoms with Gasteiger partial charge in [0.15, 0.2) is 0 Å². The summed E-state index contributed by atoms with van der Waals surface area (Å²) in [7, 11) is 0. The Kier molecular flexibility index (Phi) is 8.12. The molecule has 0 unspecified atom stereocenters. The molecule has 0 saturated carbocycles. The number of fused-ring (bicyclic) bond motifs is 1. The molecular formula is C29H29N5O4S. The van der Waals surface area contributed by atoms with E-state index in [2.05, 4.69) is 26.9 Å². The van der Waals surface area contributed by atoms with E-state index in [1.54, 1.807) is 11.8 Å². The molecule has 0 aliphatic carbocycles. The maximum Gasteiger partial charge on any atom is 0.269 e. The molecule has 1 saturated heterocycles. The third-order valence-corrected chi connectivity index (χ3v) is 7.86. The molecule has 1 aliphatic rings. The van der Waals surface area contributed by atoms with E-state index in [1.807, 2.05) is 53.6 Å². The highest BCUT2D eigenvalue weighted by Gasteiger charge is 2.22. The van der Waals surface area contributed by atoms with Crippen molar-refractivity contribution in [1.29, 1.82) is 0 Å². The Hall–Kier alpha value is -4.31. The Morgan fingerprint density at radius 2 is 1.59 bits per heavy atom. The molecule has 200 valence electrons. The van der Waals surface area contributed by atoms with Gasteiger partial charge in [0.25, 0.3) is 11.6 Å². The molecule has 0 bridgehead atoms. The van der Waals surface area contributed by atoms with Crippen LogP contribution < -0.4 is 10.2 Å². The van der Waals surface area contributed by atoms with Gasteiger partial charge in [-0.05, 0) is 30.3 Å². The quantitative estimate of drug-likeness (QED) is 0.191. The number of rotatable bonds is 9. The maximum absolute atomic E-state index is 13.0. The lowest BCUT2D eigenvalue weighted by Gasteiger charge is -2.36. The number of benzene rings is 3. The van der Waals surface area contributed by atoms with Crippen LogP contribution in [0, 0.1) is 10.1 Å². The Morgan fingerprint density at radius 1 is 0.897 bits per heavy atom. The number of nitrogens with zero attached hydrogens (tertiary/aromatic N) is 4. The number of nitro benzene ring substituents is 1. The van der Waals surface area contributed by atoms with Crippen molar-refractivity contribution in [3.05, 3.63) is 101 Å². The van der Waals surface area contributed by atoms with E-state index in [-0.39, 0.29) is 17.5 Å². The molecule has 5 rings (SSSR count). The number of nitro groups is 1. The second kappa shape index (κ2) is 12.0. The Labute approximate surface area is 230 Å². The minimum absolute atomic E-state index is 0.0525. The number of nitrogens with one attached hydrogen (secondary N) is 1. The van der Waals surface area contributed by atoms with E-state index in [0.29, 0.717) is 37.5 Å². The number of hydrogen-bond acceptors (Lipinski definition) is 6. The van der Waals surface area contributed by atoms with Crippen LogP contribution in [0.5, 0.6) is 0 Å². The second-order valence-electron chi connectivity index (χ2n) is 9.26. The number of carbonyl (C=O) groups is 2. The minimum atomic E-state index is -0.492. The molecule has 0 radical (unpaired) electrons. The zero-order valence-electron chi connectivity index (χ0n) is 21.4. The first-order valence-corrected chi connectivity index (χ1v) is 13.8. The number of hydrogen-bond donors (Lipinski definition) is 1. The molecule has 10 heteroatoms. The summed E-state index contributed by atoms with van der Waals surface area (Å²) in [4.78, 5) is 41.1. The number of amides is 2. The summed E-state index contributed by atoms with van der Waals surface area (Å²) < 4.78 is 2.08. The van der Waals surface area contributed by atoms with Crippen molar-refractivity contribution < 1.29 is 14.5 Å². The zero-order valence-corrected chi connectivity index (χ0v) is 22.2. The normalized spacial score (nSPS) is 13.4. The molecule has 1 N–H and O–H groups in total. The first-order chi connectivity index (χ1) is 19.0. The van der Waals surface area contributed by atoms with E-state index in [1.165, 1.54) is 30.0 Å². The van der Waals surface area contributed by atoms with E-state index >= 15 is 0 Å². The fraction of sp³-hybridized carbons (Fsp3) is 0.241. The predicted molar refractivity (Wildman–Crippen MR) is 153 cm³/mol. The number of para-hydroxylation sites is 2. The molecule has 2 heterocycles. The van der Waals surface area contributed by atoms with Crippen molar-refractivity contribution in [3.63, 3.8) is 0 Å². The fourth-order valence-corrected chi connectivity index (χ4v) is 5.71. The van der Waals surface area contributed by atoms with Gasteiger partial charge in [0.1, 0.15) is 0 Å². The third-order valence-electron chi connectivity index (χ3n) is 6.84. The highest BCUT2D eigenvalue weighted by Crippen LogP contribution is 2.30. The average molecular weight is 544 g/mol. The summed E-state index contributed by atoms with van der Waals surface area (Å²) in [6.07, 6.45) is 2.04. The van der Waals surface area contributed by atoms with Gasteiger partial charge < -0.3 is 19.7 Å². The number of carbonyl (C=O) groups excluding carboxylic acids is 2. The molecule has 1 aromatic heterocycles. The van der Waals surface area contributed by atoms with Crippen LogP contribution in [0.4, 0.5) is 11.4 Å². The summed E-state index contributed by atoms with van der Waals surface area (Å²) in [6.45, 7) is 4.02. The molecule has 1 aliphatic heterocycles. The van der Waals surface area contributed by atoms with E-state index in [0.717, 1.165) is 28.9 Å². The number of anilines is 1. The average Bonchev–Trinajstić information content (AvgIpc) is 3.34. The van der Waals surface area contributed by atoms with Crippen LogP contribution in [0.2, 0.25) is 0 Å². The molecule has 39 heavy (non-hydrogen) atoms. The highest BCUT2D eigenvalue weighted by molar-refractivity contribution is 8.00. The largest absolute Gasteiger partial charge is 0.368 e. The van der Waals surface area contributed by atoms with E-state index in [9.17, 15) is 19.7 Å². The zero-order chi connectivity index (χ0) is 27.2. The standard InChI is InChI=1S/C29H29N5O4S/c35-28(32-18-16-31(17-19-32)23-6-2-1-3-7-23)21-39-27-20-33(26-9-5-4-8-25(26)27)15-14-30-29(36)22-10-12-24(13-11-22)34(37)38/h1-13,20H,14-19,21H2,(H,30,36). The SMILES string of the molecule is O=C(NCCn1cc(SCC(=O)N2CCN(c3ccccc3)CC2)c2ccccc21)c1ccc([N+](=O)[O-])cc1. The molecule has 0 atom stereocenters. The summed E-state index contributed by atoms with van der Waals surface area (Å²) in [6, 6.07) is 23.9. The van der Waals surface area contributed by atoms with Gasteiger partial charge in [-0.15, -0.1) is 11.8 Å². The van der Waals surface area contributed by atoms with Crippen LogP contribution >= 0.6 is 11.8 Å². The van der Waals surface area contributed by atoms with Crippen LogP contribution in [0.15, 0.2) is 90.0 Å². The molecular weight excluding hydrogens is 514 g/mol. The maximum atomic E-state index is 13.0. The van der Waals surface area contributed by atoms with Crippen molar-refractivity contribution >= 4 is 45.9 Å². The second-order valence-corrected chi connectivity index (χ2v) is 10.3. The Bertz CT molecular complexity index is 1460. The number of piperazine rings is 1. The first-order valence-electron chi connectivity index (χ1n) is 12.8. The third kappa shape index (κ3) is 6.23. The van der Waals surface area contributed by atoms with Gasteiger partial charge in [-0.1, -0.05) is 36.4 Å². The fourth-order valence-electron chi connectivity index (χ4n) is 4.72. The summed E-state index contributed by atoms with van der Waals surface area (Å²) >= 11 is 1.54. The van der Waals surface area contributed by atoms with Crippen molar-refractivity contribution in [2.45, 2.75) is 11.4 Å². The van der Waals surface area contributed by atoms with Crippen LogP contribution in [-0.4, -0.2) is 64.7 Å². The smallest absolute Gasteiger partial charge is 0.269 e. The minimum Gasteiger partial charge on any atom is -0.368 e. The van der Waals surface area contributed by atoms with Gasteiger partial charge in [-0.2, -0.15) is 0 Å². The van der Waals surface area contributed by atoms with Crippen LogP contribution in [-0.2, 0) is 11.3 Å². The number of non-ortho nitro benzene ring substituents is 1. The molecule has 4 aromatic rings. The van der Waals surface area contributed by atoms with Gasteiger partial charge in [0.05, 0.1) is 10.7 Å². The van der Waals surface area contributed by atoms with Crippen molar-refractivity contribution in [2.24, 2.45) is 0 Å². The monoisotopic (exact) mass is 543 g/mol. The van der Waals surface area contributed by atoms with E-state index in [4.69, 9.17) is 0 Å². The summed E-state index contributed by atoms with van der Waals surface area (Å²) in [5.74, 6) is 0.227. The molecule has 1 fully saturated rings. The Morgan fingerprint density at radius 3 is 2.31 bits per heavy atom. The molecule has 0 spiro atoms. The van der Waals surface area contributed by atoms with Gasteiger partial charge in [-0.3, -0.25) is 19.7 Å². The lowest BCUT2D eigenvalue weighted by molar-refractivity contribution is -0.384. The Balaban J connectivity index is 1.15. The molecule has 2 amide bonds. The molecule has 3 aromatic carbocycles. The number of thioether (sulfide) groups is 1.